The van der Waals surface area contributed by atoms with Gasteiger partial charge in [-0.1, -0.05) is 12.1 Å². The van der Waals surface area contributed by atoms with Crippen molar-refractivity contribution >= 4 is 11.9 Å². The number of ether oxygens (including phenoxy) is 1. The summed E-state index contributed by atoms with van der Waals surface area (Å²) in [6, 6.07) is 7.43. The Bertz CT molecular complexity index is 720. The average molecular weight is 317 g/mol. The van der Waals surface area contributed by atoms with E-state index in [0.29, 0.717) is 17.7 Å². The van der Waals surface area contributed by atoms with Crippen LogP contribution < -0.4 is 4.74 Å². The van der Waals surface area contributed by atoms with E-state index in [1.54, 1.807) is 21.1 Å². The Morgan fingerprint density at radius 3 is 2.74 bits per heavy atom. The fourth-order valence-corrected chi connectivity index (χ4v) is 2.36. The van der Waals surface area contributed by atoms with E-state index >= 15 is 0 Å². The van der Waals surface area contributed by atoms with Gasteiger partial charge in [-0.15, -0.1) is 0 Å². The minimum absolute atomic E-state index is 0.178. The number of carbonyl (C=O) groups excluding carboxylic acids is 1. The normalized spacial score (nSPS) is 10.4. The first-order valence-electron chi connectivity index (χ1n) is 7.09. The summed E-state index contributed by atoms with van der Waals surface area (Å²) in [5, 5.41) is 8.92. The maximum Gasteiger partial charge on any atom is 0.311 e. The largest absolute Gasteiger partial charge is 0.497 e. The predicted molar refractivity (Wildman–Crippen MR) is 83.6 cm³/mol. The van der Waals surface area contributed by atoms with Crippen LogP contribution in [-0.4, -0.2) is 36.0 Å². The molecule has 0 spiro atoms. The molecule has 2 rings (SSSR count). The van der Waals surface area contributed by atoms with Crippen LogP contribution in [0.2, 0.25) is 0 Å². The number of hydrogen-bond acceptors (Lipinski definition) is 4. The topological polar surface area (TPSA) is 80.0 Å². The number of methoxy groups -OCH3 is 1. The van der Waals surface area contributed by atoms with Gasteiger partial charge in [-0.3, -0.25) is 9.59 Å². The molecule has 0 saturated heterocycles. The summed E-state index contributed by atoms with van der Waals surface area (Å²) in [5.41, 5.74) is 1.86. The second-order valence-corrected chi connectivity index (χ2v) is 5.30. The number of benzene rings is 1. The van der Waals surface area contributed by atoms with Crippen LogP contribution >= 0.6 is 0 Å². The number of aryl methyl sites for hydroxylation is 1. The molecule has 0 aliphatic rings. The number of carboxylic acids is 1. The average Bonchev–Trinajstić information content (AvgIpc) is 2.86. The molecular weight excluding hydrogens is 298 g/mol. The molecule has 1 amide bonds. The highest BCUT2D eigenvalue weighted by molar-refractivity contribution is 5.97. The van der Waals surface area contributed by atoms with Gasteiger partial charge in [0, 0.05) is 19.2 Å². The smallest absolute Gasteiger partial charge is 0.311 e. The number of hydrogen-bond donors (Lipinski definition) is 1. The highest BCUT2D eigenvalue weighted by Gasteiger charge is 2.23. The summed E-state index contributed by atoms with van der Waals surface area (Å²) >= 11 is 0. The lowest BCUT2D eigenvalue weighted by atomic mass is 10.1. The summed E-state index contributed by atoms with van der Waals surface area (Å²) in [5.74, 6) is -0.411. The van der Waals surface area contributed by atoms with Gasteiger partial charge in [0.1, 0.15) is 17.9 Å². The molecule has 6 heteroatoms. The molecule has 0 aliphatic carbocycles. The maximum atomic E-state index is 12.6. The van der Waals surface area contributed by atoms with Crippen LogP contribution in [0.15, 0.2) is 34.9 Å². The van der Waals surface area contributed by atoms with Crippen molar-refractivity contribution in [3.8, 4) is 5.75 Å². The van der Waals surface area contributed by atoms with E-state index in [4.69, 9.17) is 14.3 Å². The third-order valence-electron chi connectivity index (χ3n) is 3.48. The summed E-state index contributed by atoms with van der Waals surface area (Å²) in [6.45, 7) is 2.11. The number of carboxylic acid groups (broad SMARTS) is 1. The number of rotatable bonds is 6. The summed E-state index contributed by atoms with van der Waals surface area (Å²) in [6.07, 6.45) is 1.09. The minimum Gasteiger partial charge on any atom is -0.497 e. The molecule has 6 nitrogen and oxygen atoms in total. The molecule has 0 bridgehead atoms. The fraction of sp³-hybridized carbons (Fsp3) is 0.294. The van der Waals surface area contributed by atoms with E-state index in [-0.39, 0.29) is 18.1 Å². The standard InChI is InChI=1S/C17H19NO5/c1-11-10-23-14(8-15(19)20)16(11)17(21)18(2)9-12-5-4-6-13(7-12)22-3/h4-7,10H,8-9H2,1-3H3,(H,19,20). The van der Waals surface area contributed by atoms with Gasteiger partial charge in [-0.25, -0.2) is 0 Å². The molecule has 23 heavy (non-hydrogen) atoms. The summed E-state index contributed by atoms with van der Waals surface area (Å²) < 4.78 is 10.4. The molecular formula is C17H19NO5. The van der Waals surface area contributed by atoms with Gasteiger partial charge in [0.15, 0.2) is 0 Å². The molecule has 122 valence electrons. The Morgan fingerprint density at radius 1 is 1.35 bits per heavy atom. The van der Waals surface area contributed by atoms with E-state index in [1.165, 1.54) is 11.2 Å². The monoisotopic (exact) mass is 317 g/mol. The van der Waals surface area contributed by atoms with E-state index in [0.717, 1.165) is 11.3 Å². The molecule has 0 atom stereocenters. The van der Waals surface area contributed by atoms with Crippen molar-refractivity contribution in [3.05, 3.63) is 53.0 Å². The van der Waals surface area contributed by atoms with Crippen molar-refractivity contribution in [1.29, 1.82) is 0 Å². The number of amides is 1. The fourth-order valence-electron chi connectivity index (χ4n) is 2.36. The molecule has 0 fully saturated rings. The van der Waals surface area contributed by atoms with Crippen LogP contribution in [0.25, 0.3) is 0 Å². The van der Waals surface area contributed by atoms with Gasteiger partial charge in [0.05, 0.1) is 18.9 Å². The SMILES string of the molecule is COc1cccc(CN(C)C(=O)c2c(C)coc2CC(=O)O)c1. The second-order valence-electron chi connectivity index (χ2n) is 5.30. The first kappa shape index (κ1) is 16.6. The predicted octanol–water partition coefficient (Wildman–Crippen LogP) is 2.50. The van der Waals surface area contributed by atoms with E-state index in [2.05, 4.69) is 0 Å². The van der Waals surface area contributed by atoms with Crippen molar-refractivity contribution in [2.24, 2.45) is 0 Å². The van der Waals surface area contributed by atoms with Crippen LogP contribution in [0, 0.1) is 6.92 Å². The van der Waals surface area contributed by atoms with Gasteiger partial charge < -0.3 is 19.2 Å². The molecule has 0 radical (unpaired) electrons. The highest BCUT2D eigenvalue weighted by Crippen LogP contribution is 2.21. The molecule has 2 aromatic rings. The molecule has 1 heterocycles. The van der Waals surface area contributed by atoms with E-state index in [9.17, 15) is 9.59 Å². The first-order chi connectivity index (χ1) is 10.9. The zero-order valence-corrected chi connectivity index (χ0v) is 13.3. The lowest BCUT2D eigenvalue weighted by molar-refractivity contribution is -0.136. The van der Waals surface area contributed by atoms with Crippen LogP contribution in [0.3, 0.4) is 0 Å². The molecule has 0 unspecified atom stereocenters. The first-order valence-corrected chi connectivity index (χ1v) is 7.09. The van der Waals surface area contributed by atoms with Crippen molar-refractivity contribution in [1.82, 2.24) is 4.90 Å². The van der Waals surface area contributed by atoms with Crippen molar-refractivity contribution in [2.45, 2.75) is 19.9 Å². The lowest BCUT2D eigenvalue weighted by Gasteiger charge is -2.18. The van der Waals surface area contributed by atoms with E-state index in [1.807, 2.05) is 24.3 Å². The van der Waals surface area contributed by atoms with Gasteiger partial charge in [-0.05, 0) is 24.6 Å². The summed E-state index contributed by atoms with van der Waals surface area (Å²) in [7, 11) is 3.25. The van der Waals surface area contributed by atoms with Gasteiger partial charge in [0.2, 0.25) is 0 Å². The maximum absolute atomic E-state index is 12.6. The van der Waals surface area contributed by atoms with Crippen molar-refractivity contribution in [3.63, 3.8) is 0 Å². The zero-order valence-electron chi connectivity index (χ0n) is 13.3. The third-order valence-corrected chi connectivity index (χ3v) is 3.48. The number of carbonyl (C=O) groups is 2. The molecule has 1 N–H and O–H groups in total. The highest BCUT2D eigenvalue weighted by atomic mass is 16.5. The molecule has 1 aromatic carbocycles. The Labute approximate surface area is 134 Å². The van der Waals surface area contributed by atoms with Crippen molar-refractivity contribution in [2.75, 3.05) is 14.2 Å². The third kappa shape index (κ3) is 3.91. The zero-order chi connectivity index (χ0) is 17.0. The Morgan fingerprint density at radius 2 is 2.09 bits per heavy atom. The van der Waals surface area contributed by atoms with Gasteiger partial charge in [0.25, 0.3) is 5.91 Å². The van der Waals surface area contributed by atoms with Crippen molar-refractivity contribution < 1.29 is 23.8 Å². The Balaban J connectivity index is 2.19. The van der Waals surface area contributed by atoms with Crippen LogP contribution in [0.1, 0.15) is 27.2 Å². The molecule has 0 aliphatic heterocycles. The number of nitrogens with zero attached hydrogens (tertiary/aromatic N) is 1. The lowest BCUT2D eigenvalue weighted by Crippen LogP contribution is -2.27. The van der Waals surface area contributed by atoms with Crippen LogP contribution in [0.5, 0.6) is 5.75 Å². The Kier molecular flexibility index (Phi) is 5.05. The summed E-state index contributed by atoms with van der Waals surface area (Å²) in [4.78, 5) is 25.0. The van der Waals surface area contributed by atoms with Crippen LogP contribution in [0.4, 0.5) is 0 Å². The number of aliphatic carboxylic acids is 1. The second kappa shape index (κ2) is 7.00. The minimum atomic E-state index is -1.04. The van der Waals surface area contributed by atoms with E-state index < -0.39 is 5.97 Å². The quantitative estimate of drug-likeness (QED) is 0.885. The molecule has 1 aromatic heterocycles. The molecule has 0 saturated carbocycles. The van der Waals surface area contributed by atoms with Gasteiger partial charge in [-0.2, -0.15) is 0 Å². The van der Waals surface area contributed by atoms with Crippen LogP contribution in [-0.2, 0) is 17.8 Å². The van der Waals surface area contributed by atoms with Gasteiger partial charge >= 0.3 is 5.97 Å². The Hall–Kier alpha value is -2.76. The number of furan rings is 1.